The Hall–Kier alpha value is -3.32. The smallest absolute Gasteiger partial charge is 0.326 e. The lowest BCUT2D eigenvalue weighted by atomic mass is 10.0. The molecule has 1 rings (SSSR count). The third kappa shape index (κ3) is 11.0. The Labute approximate surface area is 215 Å². The van der Waals surface area contributed by atoms with Crippen LogP contribution in [0.4, 0.5) is 0 Å². The molecule has 0 saturated carbocycles. The zero-order valence-corrected chi connectivity index (χ0v) is 21.2. The van der Waals surface area contributed by atoms with Crippen molar-refractivity contribution in [1.29, 1.82) is 0 Å². The molecule has 9 N–H and O–H groups in total. The van der Waals surface area contributed by atoms with E-state index in [4.69, 9.17) is 11.5 Å². The lowest BCUT2D eigenvalue weighted by Gasteiger charge is -2.25. The van der Waals surface area contributed by atoms with Gasteiger partial charge in [-0.15, -0.1) is 0 Å². The van der Waals surface area contributed by atoms with Gasteiger partial charge >= 0.3 is 5.97 Å². The highest BCUT2D eigenvalue weighted by atomic mass is 32.1. The normalized spacial score (nSPS) is 14.2. The lowest BCUT2D eigenvalue weighted by molar-refractivity contribution is -0.142. The van der Waals surface area contributed by atoms with Crippen LogP contribution >= 0.6 is 12.6 Å². The predicted molar refractivity (Wildman–Crippen MR) is 135 cm³/mol. The third-order valence-corrected chi connectivity index (χ3v) is 5.55. The van der Waals surface area contributed by atoms with Crippen molar-refractivity contribution < 1.29 is 34.2 Å². The number of primary amides is 1. The molecule has 0 spiro atoms. The van der Waals surface area contributed by atoms with Crippen LogP contribution in [0.3, 0.4) is 0 Å². The summed E-state index contributed by atoms with van der Waals surface area (Å²) in [7, 11) is 0. The van der Waals surface area contributed by atoms with Gasteiger partial charge in [0.05, 0.1) is 6.04 Å². The predicted octanol–water partition coefficient (Wildman–Crippen LogP) is -0.958. The van der Waals surface area contributed by atoms with Crippen molar-refractivity contribution in [1.82, 2.24) is 16.0 Å². The number of phenols is 1. The van der Waals surface area contributed by atoms with E-state index in [1.165, 1.54) is 24.3 Å². The molecule has 36 heavy (non-hydrogen) atoms. The fourth-order valence-electron chi connectivity index (χ4n) is 3.25. The van der Waals surface area contributed by atoms with Gasteiger partial charge in [0.1, 0.15) is 23.9 Å². The second kappa shape index (κ2) is 14.9. The third-order valence-electron chi connectivity index (χ3n) is 5.18. The van der Waals surface area contributed by atoms with Crippen molar-refractivity contribution in [2.75, 3.05) is 5.75 Å². The topological polar surface area (TPSA) is 214 Å². The molecular weight excluding hydrogens is 490 g/mol. The van der Waals surface area contributed by atoms with Gasteiger partial charge < -0.3 is 37.6 Å². The molecular formula is C23H35N5O7S. The highest BCUT2D eigenvalue weighted by molar-refractivity contribution is 7.80. The number of thiol groups is 1. The van der Waals surface area contributed by atoms with E-state index in [-0.39, 0.29) is 36.7 Å². The molecule has 4 unspecified atom stereocenters. The van der Waals surface area contributed by atoms with E-state index in [2.05, 4.69) is 28.6 Å². The van der Waals surface area contributed by atoms with Gasteiger partial charge in [0.25, 0.3) is 0 Å². The van der Waals surface area contributed by atoms with Crippen LogP contribution in [0.5, 0.6) is 5.75 Å². The molecule has 0 aliphatic rings. The zero-order chi connectivity index (χ0) is 27.4. The fourth-order valence-corrected chi connectivity index (χ4v) is 3.51. The highest BCUT2D eigenvalue weighted by Gasteiger charge is 2.30. The quantitative estimate of drug-likeness (QED) is 0.133. The summed E-state index contributed by atoms with van der Waals surface area (Å²) in [5.41, 5.74) is 11.5. The van der Waals surface area contributed by atoms with Crippen molar-refractivity contribution >= 4 is 42.2 Å². The number of nitrogens with two attached hydrogens (primary N) is 2. The SMILES string of the molecule is CC(C)CC(N)C(=O)NC(CS)C(=O)NC(Cc1ccc(O)cc1)C(=O)NC(CCC(N)=O)C(=O)O. The molecule has 0 aliphatic carbocycles. The van der Waals surface area contributed by atoms with Crippen LogP contribution in [0.2, 0.25) is 0 Å². The van der Waals surface area contributed by atoms with Gasteiger partial charge in [0.15, 0.2) is 0 Å². The minimum Gasteiger partial charge on any atom is -0.508 e. The van der Waals surface area contributed by atoms with E-state index in [0.29, 0.717) is 12.0 Å². The average Bonchev–Trinajstić information content (AvgIpc) is 2.79. The summed E-state index contributed by atoms with van der Waals surface area (Å²) in [6.07, 6.45) is -0.156. The first-order chi connectivity index (χ1) is 16.8. The van der Waals surface area contributed by atoms with Crippen LogP contribution in [0, 0.1) is 5.92 Å². The van der Waals surface area contributed by atoms with Gasteiger partial charge in [-0.2, -0.15) is 12.6 Å². The molecule has 200 valence electrons. The number of hydrogen-bond donors (Lipinski definition) is 8. The molecule has 13 heteroatoms. The Morgan fingerprint density at radius 2 is 1.44 bits per heavy atom. The van der Waals surface area contributed by atoms with E-state index in [0.717, 1.165) is 0 Å². The Bertz CT molecular complexity index is 926. The second-order valence-electron chi connectivity index (χ2n) is 8.82. The number of benzene rings is 1. The van der Waals surface area contributed by atoms with Gasteiger partial charge in [0.2, 0.25) is 23.6 Å². The van der Waals surface area contributed by atoms with Crippen molar-refractivity contribution in [3.05, 3.63) is 29.8 Å². The van der Waals surface area contributed by atoms with Crippen LogP contribution in [0.25, 0.3) is 0 Å². The lowest BCUT2D eigenvalue weighted by Crippen LogP contribution is -2.58. The van der Waals surface area contributed by atoms with E-state index in [1.807, 2.05) is 13.8 Å². The van der Waals surface area contributed by atoms with Gasteiger partial charge in [0, 0.05) is 18.6 Å². The molecule has 4 amide bonds. The number of carbonyl (C=O) groups excluding carboxylic acids is 4. The van der Waals surface area contributed by atoms with E-state index >= 15 is 0 Å². The van der Waals surface area contributed by atoms with Crippen LogP contribution in [0.1, 0.15) is 38.7 Å². The number of aliphatic carboxylic acids is 1. The molecule has 4 atom stereocenters. The summed E-state index contributed by atoms with van der Waals surface area (Å²) >= 11 is 4.12. The highest BCUT2D eigenvalue weighted by Crippen LogP contribution is 2.12. The summed E-state index contributed by atoms with van der Waals surface area (Å²) in [5.74, 6) is -4.13. The average molecular weight is 526 g/mol. The van der Waals surface area contributed by atoms with Crippen LogP contribution in [0.15, 0.2) is 24.3 Å². The number of amides is 4. The van der Waals surface area contributed by atoms with Crippen molar-refractivity contribution in [2.45, 2.75) is 63.7 Å². The monoisotopic (exact) mass is 525 g/mol. The maximum atomic E-state index is 13.0. The maximum absolute atomic E-state index is 13.0. The Kier molecular flexibility index (Phi) is 12.7. The number of phenolic OH excluding ortho intramolecular Hbond substituents is 1. The summed E-state index contributed by atoms with van der Waals surface area (Å²) in [6, 6.07) is 1.24. The fraction of sp³-hybridized carbons (Fsp3) is 0.522. The zero-order valence-electron chi connectivity index (χ0n) is 20.3. The number of carboxylic acid groups (broad SMARTS) is 1. The second-order valence-corrected chi connectivity index (χ2v) is 9.18. The van der Waals surface area contributed by atoms with Crippen molar-refractivity contribution in [2.24, 2.45) is 17.4 Å². The minimum atomic E-state index is -1.42. The standard InChI is InChI=1S/C23H35N5O7S/c1-12(2)9-15(24)20(31)28-18(11-36)22(33)27-17(10-13-3-5-14(29)6-4-13)21(32)26-16(23(34)35)7-8-19(25)30/h3-6,12,15-18,29,36H,7-11,24H2,1-2H3,(H2,25,30)(H,26,32)(H,27,33)(H,28,31)(H,34,35). The number of carbonyl (C=O) groups is 5. The Balaban J connectivity index is 3.05. The summed E-state index contributed by atoms with van der Waals surface area (Å²) in [5, 5.41) is 26.3. The van der Waals surface area contributed by atoms with Crippen LogP contribution < -0.4 is 27.4 Å². The Morgan fingerprint density at radius 1 is 0.917 bits per heavy atom. The molecule has 1 aromatic carbocycles. The largest absolute Gasteiger partial charge is 0.508 e. The van der Waals surface area contributed by atoms with Gasteiger partial charge in [-0.25, -0.2) is 4.79 Å². The molecule has 12 nitrogen and oxygen atoms in total. The molecule has 0 heterocycles. The number of nitrogens with one attached hydrogen (secondary N) is 3. The van der Waals surface area contributed by atoms with Gasteiger partial charge in [-0.1, -0.05) is 26.0 Å². The van der Waals surface area contributed by atoms with E-state index in [9.17, 15) is 34.2 Å². The first-order valence-corrected chi connectivity index (χ1v) is 12.0. The Morgan fingerprint density at radius 3 is 1.94 bits per heavy atom. The van der Waals surface area contributed by atoms with E-state index < -0.39 is 53.8 Å². The number of rotatable bonds is 15. The first kappa shape index (κ1) is 30.7. The summed E-state index contributed by atoms with van der Waals surface area (Å²) in [6.45, 7) is 3.80. The molecule has 1 aromatic rings. The molecule has 0 fully saturated rings. The first-order valence-electron chi connectivity index (χ1n) is 11.4. The van der Waals surface area contributed by atoms with Gasteiger partial charge in [-0.05, 0) is 36.5 Å². The van der Waals surface area contributed by atoms with Crippen LogP contribution in [-0.4, -0.2) is 69.7 Å². The van der Waals surface area contributed by atoms with Crippen LogP contribution in [-0.2, 0) is 30.4 Å². The molecule has 0 bridgehead atoms. The summed E-state index contributed by atoms with van der Waals surface area (Å²) in [4.78, 5) is 60.9. The molecule has 0 radical (unpaired) electrons. The minimum absolute atomic E-state index is 0.00299. The number of aromatic hydroxyl groups is 1. The molecule has 0 aromatic heterocycles. The van der Waals surface area contributed by atoms with Crippen molar-refractivity contribution in [3.8, 4) is 5.75 Å². The molecule has 0 aliphatic heterocycles. The van der Waals surface area contributed by atoms with Gasteiger partial charge in [-0.3, -0.25) is 19.2 Å². The number of carboxylic acids is 1. The maximum Gasteiger partial charge on any atom is 0.326 e. The number of hydrogen-bond acceptors (Lipinski definition) is 8. The van der Waals surface area contributed by atoms with Crippen molar-refractivity contribution in [3.63, 3.8) is 0 Å². The molecule has 0 saturated heterocycles. The van der Waals surface area contributed by atoms with E-state index in [1.54, 1.807) is 0 Å². The summed E-state index contributed by atoms with van der Waals surface area (Å²) < 4.78 is 0.